The van der Waals surface area contributed by atoms with Gasteiger partial charge in [-0.1, -0.05) is 15.9 Å². The van der Waals surface area contributed by atoms with Gasteiger partial charge in [0.25, 0.3) is 0 Å². The number of methoxy groups -OCH3 is 1. The van der Waals surface area contributed by atoms with Crippen molar-refractivity contribution in [2.75, 3.05) is 13.7 Å². The third-order valence-corrected chi connectivity index (χ3v) is 3.10. The molecule has 1 unspecified atom stereocenters. The summed E-state index contributed by atoms with van der Waals surface area (Å²) in [5.74, 6) is -0.602. The van der Waals surface area contributed by atoms with Crippen molar-refractivity contribution in [1.29, 1.82) is 0 Å². The lowest BCUT2D eigenvalue weighted by Crippen LogP contribution is -2.51. The maximum Gasteiger partial charge on any atom is 0.405 e. The molecule has 2 N–H and O–H groups in total. The van der Waals surface area contributed by atoms with Crippen LogP contribution in [0.1, 0.15) is 13.3 Å². The molecule has 0 heterocycles. The maximum absolute atomic E-state index is 12.0. The number of halogens is 4. The minimum absolute atomic E-state index is 0.203. The van der Waals surface area contributed by atoms with Gasteiger partial charge >= 0.3 is 18.2 Å². The summed E-state index contributed by atoms with van der Waals surface area (Å²) in [6.45, 7) is 0.150. The first-order chi connectivity index (χ1) is 9.54. The molecule has 2 amide bonds. The van der Waals surface area contributed by atoms with E-state index in [9.17, 15) is 22.8 Å². The molecule has 0 saturated carbocycles. The van der Waals surface area contributed by atoms with Crippen LogP contribution in [0.5, 0.6) is 0 Å². The number of amides is 2. The topological polar surface area (TPSA) is 67.4 Å². The van der Waals surface area contributed by atoms with Crippen LogP contribution < -0.4 is 10.6 Å². The average molecular weight is 371 g/mol. The lowest BCUT2D eigenvalue weighted by molar-refractivity contribution is -0.135. The Kier molecular flexibility index (Phi) is 5.43. The molecule has 0 aromatic carbocycles. The Hall–Kier alpha value is -1.51. The molecule has 0 spiro atoms. The van der Waals surface area contributed by atoms with Crippen molar-refractivity contribution >= 4 is 27.9 Å². The highest BCUT2D eigenvalue weighted by molar-refractivity contribution is 9.11. The summed E-state index contributed by atoms with van der Waals surface area (Å²) in [4.78, 5) is 23.0. The van der Waals surface area contributed by atoms with E-state index in [1.807, 2.05) is 0 Å². The molecule has 21 heavy (non-hydrogen) atoms. The molecule has 0 saturated heterocycles. The quantitative estimate of drug-likeness (QED) is 0.749. The smallest absolute Gasteiger partial charge is 0.405 e. The summed E-state index contributed by atoms with van der Waals surface area (Å²) >= 11 is 3.22. The highest BCUT2D eigenvalue weighted by Crippen LogP contribution is 2.30. The summed E-state index contributed by atoms with van der Waals surface area (Å²) in [6, 6.07) is -0.975. The van der Waals surface area contributed by atoms with Gasteiger partial charge in [0.05, 0.1) is 18.2 Å². The van der Waals surface area contributed by atoms with E-state index < -0.39 is 30.3 Å². The zero-order valence-electron chi connectivity index (χ0n) is 11.3. The minimum atomic E-state index is -4.49. The van der Waals surface area contributed by atoms with E-state index in [2.05, 4.69) is 26.0 Å². The summed E-state index contributed by atoms with van der Waals surface area (Å²) in [6.07, 6.45) is -1.22. The first-order valence-corrected chi connectivity index (χ1v) is 6.64. The zero-order valence-corrected chi connectivity index (χ0v) is 12.9. The zero-order chi connectivity index (χ0) is 16.3. The first kappa shape index (κ1) is 17.5. The van der Waals surface area contributed by atoms with Gasteiger partial charge in [0.15, 0.2) is 0 Å². The van der Waals surface area contributed by atoms with Gasteiger partial charge in [0.1, 0.15) is 6.54 Å². The lowest BCUT2D eigenvalue weighted by Gasteiger charge is -2.31. The number of nitrogens with one attached hydrogen (secondary N) is 2. The molecule has 0 fully saturated rings. The van der Waals surface area contributed by atoms with Crippen molar-refractivity contribution in [1.82, 2.24) is 10.6 Å². The second kappa shape index (κ2) is 6.50. The van der Waals surface area contributed by atoms with Crippen LogP contribution in [-0.4, -0.2) is 37.4 Å². The predicted octanol–water partition coefficient (Wildman–Crippen LogP) is 2.39. The molecule has 0 radical (unpaired) electrons. The number of hydrogen-bond donors (Lipinski definition) is 2. The fraction of sp³-hybridized carbons (Fsp3) is 0.500. The van der Waals surface area contributed by atoms with Gasteiger partial charge < -0.3 is 15.4 Å². The Morgan fingerprint density at radius 3 is 2.62 bits per heavy atom. The van der Waals surface area contributed by atoms with Crippen molar-refractivity contribution in [3.05, 3.63) is 22.2 Å². The Labute approximate surface area is 127 Å². The van der Waals surface area contributed by atoms with Gasteiger partial charge in [-0.2, -0.15) is 13.2 Å². The van der Waals surface area contributed by atoms with Gasteiger partial charge in [0, 0.05) is 6.42 Å². The second-order valence-corrected chi connectivity index (χ2v) is 5.72. The van der Waals surface area contributed by atoms with E-state index >= 15 is 0 Å². The summed E-state index contributed by atoms with van der Waals surface area (Å²) in [7, 11) is 1.21. The molecule has 1 aliphatic carbocycles. The normalized spacial score (nSPS) is 22.0. The summed E-state index contributed by atoms with van der Waals surface area (Å²) < 4.78 is 41.3. The van der Waals surface area contributed by atoms with Crippen LogP contribution in [0.2, 0.25) is 0 Å². The number of hydrogen-bond acceptors (Lipinski definition) is 3. The van der Waals surface area contributed by atoms with Crippen LogP contribution in [0, 0.1) is 0 Å². The van der Waals surface area contributed by atoms with Crippen molar-refractivity contribution in [3.63, 3.8) is 0 Å². The van der Waals surface area contributed by atoms with Crippen LogP contribution in [0.3, 0.4) is 0 Å². The third kappa shape index (κ3) is 5.78. The van der Waals surface area contributed by atoms with Crippen molar-refractivity contribution in [3.8, 4) is 0 Å². The molecule has 1 rings (SSSR count). The van der Waals surface area contributed by atoms with Gasteiger partial charge in [0.2, 0.25) is 0 Å². The summed E-state index contributed by atoms with van der Waals surface area (Å²) in [5, 5.41) is 4.11. The summed E-state index contributed by atoms with van der Waals surface area (Å²) in [5.41, 5.74) is -0.804. The monoisotopic (exact) mass is 370 g/mol. The number of esters is 1. The van der Waals surface area contributed by atoms with Crippen LogP contribution in [0.25, 0.3) is 0 Å². The van der Waals surface area contributed by atoms with E-state index in [1.165, 1.54) is 19.3 Å². The molecule has 118 valence electrons. The Morgan fingerprint density at radius 2 is 2.10 bits per heavy atom. The number of carbonyl (C=O) groups is 2. The second-order valence-electron chi connectivity index (χ2n) is 4.70. The van der Waals surface area contributed by atoms with Crippen LogP contribution >= 0.6 is 15.9 Å². The third-order valence-electron chi connectivity index (χ3n) is 2.59. The number of urea groups is 1. The van der Waals surface area contributed by atoms with Crippen molar-refractivity contribution in [2.24, 2.45) is 0 Å². The molecule has 0 bridgehead atoms. The first-order valence-electron chi connectivity index (χ1n) is 5.85. The Morgan fingerprint density at radius 1 is 1.48 bits per heavy atom. The van der Waals surface area contributed by atoms with E-state index in [0.29, 0.717) is 10.9 Å². The van der Waals surface area contributed by atoms with Gasteiger partial charge in [-0.05, 0) is 23.6 Å². The number of ether oxygens (including phenoxy) is 1. The molecule has 1 atom stereocenters. The standard InChI is InChI=1S/C12H14BrF3N2O3/c1-11(18-10(20)17-6-12(14,15)16)4-7(9(19)21-2)3-8(13)5-11/h3-4H,5-6H2,1-2H3,(H2,17,18,20). The molecular weight excluding hydrogens is 357 g/mol. The van der Waals surface area contributed by atoms with Gasteiger partial charge in [-0.25, -0.2) is 9.59 Å². The SMILES string of the molecule is COC(=O)C1=CC(C)(NC(=O)NCC(F)(F)F)CC(Br)=C1. The van der Waals surface area contributed by atoms with E-state index in [1.54, 1.807) is 12.2 Å². The van der Waals surface area contributed by atoms with Crippen LogP contribution in [-0.2, 0) is 9.53 Å². The van der Waals surface area contributed by atoms with E-state index in [0.717, 1.165) is 0 Å². The molecular formula is C12H14BrF3N2O3. The highest BCUT2D eigenvalue weighted by Gasteiger charge is 2.32. The Bertz CT molecular complexity index is 502. The highest BCUT2D eigenvalue weighted by atomic mass is 79.9. The molecule has 5 nitrogen and oxygen atoms in total. The molecule has 0 aromatic heterocycles. The molecule has 1 aliphatic rings. The molecule has 9 heteroatoms. The number of rotatable bonds is 3. The average Bonchev–Trinajstić information content (AvgIpc) is 2.33. The van der Waals surface area contributed by atoms with Gasteiger partial charge in [-0.15, -0.1) is 0 Å². The lowest BCUT2D eigenvalue weighted by atomic mass is 9.90. The van der Waals surface area contributed by atoms with Crippen molar-refractivity contribution < 1.29 is 27.5 Å². The maximum atomic E-state index is 12.0. The number of carbonyl (C=O) groups excluding carboxylic acids is 2. The van der Waals surface area contributed by atoms with Crippen molar-refractivity contribution in [2.45, 2.75) is 25.1 Å². The minimum Gasteiger partial charge on any atom is -0.465 e. The largest absolute Gasteiger partial charge is 0.465 e. The Balaban J connectivity index is 2.77. The fourth-order valence-corrected chi connectivity index (χ4v) is 2.64. The van der Waals surface area contributed by atoms with Crippen LogP contribution in [0.4, 0.5) is 18.0 Å². The predicted molar refractivity (Wildman–Crippen MR) is 72.7 cm³/mol. The molecule has 0 aliphatic heterocycles. The number of alkyl halides is 3. The molecule has 0 aromatic rings. The van der Waals surface area contributed by atoms with E-state index in [4.69, 9.17) is 0 Å². The van der Waals surface area contributed by atoms with Crippen LogP contribution in [0.15, 0.2) is 22.2 Å². The van der Waals surface area contributed by atoms with Gasteiger partial charge in [-0.3, -0.25) is 0 Å². The fourth-order valence-electron chi connectivity index (χ4n) is 1.81. The van der Waals surface area contributed by atoms with E-state index in [-0.39, 0.29) is 5.57 Å².